The zero-order valence-electron chi connectivity index (χ0n) is 8.96. The molecule has 0 aliphatic rings. The Bertz CT molecular complexity index is 406. The van der Waals surface area contributed by atoms with Gasteiger partial charge in [-0.3, -0.25) is 4.79 Å². The number of benzene rings is 1. The van der Waals surface area contributed by atoms with Gasteiger partial charge in [-0.1, -0.05) is 18.5 Å². The SMILES string of the molecule is COc1cc(Cl)c(CC(C)C(=O)O)cc1Br. The van der Waals surface area contributed by atoms with Gasteiger partial charge in [-0.2, -0.15) is 0 Å². The molecule has 1 aromatic carbocycles. The Morgan fingerprint density at radius 3 is 2.75 bits per heavy atom. The van der Waals surface area contributed by atoms with Crippen molar-refractivity contribution in [2.45, 2.75) is 13.3 Å². The van der Waals surface area contributed by atoms with Crippen molar-refractivity contribution < 1.29 is 14.6 Å². The number of hydrogen-bond acceptors (Lipinski definition) is 2. The predicted octanol–water partition coefficient (Wildman–Crippen LogP) is 3.37. The molecule has 1 aromatic rings. The monoisotopic (exact) mass is 306 g/mol. The number of carbonyl (C=O) groups is 1. The van der Waals surface area contributed by atoms with Gasteiger partial charge < -0.3 is 9.84 Å². The first-order valence-corrected chi connectivity index (χ1v) is 5.87. The number of halogens is 2. The molecule has 0 aliphatic carbocycles. The van der Waals surface area contributed by atoms with Crippen LogP contribution in [0.5, 0.6) is 5.75 Å². The van der Waals surface area contributed by atoms with Crippen LogP contribution in [0.25, 0.3) is 0 Å². The van der Waals surface area contributed by atoms with Crippen molar-refractivity contribution in [1.82, 2.24) is 0 Å². The van der Waals surface area contributed by atoms with Crippen LogP contribution in [0.3, 0.4) is 0 Å². The second-order valence-corrected chi connectivity index (χ2v) is 4.78. The van der Waals surface area contributed by atoms with Crippen LogP contribution in [0, 0.1) is 5.92 Å². The molecule has 5 heteroatoms. The molecule has 1 N–H and O–H groups in total. The van der Waals surface area contributed by atoms with Crippen molar-refractivity contribution >= 4 is 33.5 Å². The predicted molar refractivity (Wildman–Crippen MR) is 66.2 cm³/mol. The Morgan fingerprint density at radius 2 is 2.25 bits per heavy atom. The maximum Gasteiger partial charge on any atom is 0.306 e. The largest absolute Gasteiger partial charge is 0.496 e. The van der Waals surface area contributed by atoms with E-state index in [9.17, 15) is 4.79 Å². The molecule has 0 fully saturated rings. The molecular weight excluding hydrogens is 295 g/mol. The van der Waals surface area contributed by atoms with Crippen molar-refractivity contribution in [2.24, 2.45) is 5.92 Å². The number of hydrogen-bond donors (Lipinski definition) is 1. The van der Waals surface area contributed by atoms with E-state index in [0.29, 0.717) is 17.2 Å². The molecule has 0 bridgehead atoms. The van der Waals surface area contributed by atoms with Gasteiger partial charge in [0, 0.05) is 11.1 Å². The molecule has 1 unspecified atom stereocenters. The molecule has 0 saturated heterocycles. The van der Waals surface area contributed by atoms with Gasteiger partial charge in [0.05, 0.1) is 17.5 Å². The van der Waals surface area contributed by atoms with E-state index in [1.54, 1.807) is 26.2 Å². The fraction of sp³-hybridized carbons (Fsp3) is 0.364. The van der Waals surface area contributed by atoms with Gasteiger partial charge in [0.25, 0.3) is 0 Å². The van der Waals surface area contributed by atoms with E-state index in [-0.39, 0.29) is 0 Å². The quantitative estimate of drug-likeness (QED) is 0.927. The lowest BCUT2D eigenvalue weighted by Crippen LogP contribution is -2.12. The molecule has 1 rings (SSSR count). The van der Waals surface area contributed by atoms with Gasteiger partial charge in [0.1, 0.15) is 5.75 Å². The maximum absolute atomic E-state index is 10.7. The molecule has 0 aliphatic heterocycles. The number of methoxy groups -OCH3 is 1. The second-order valence-electron chi connectivity index (χ2n) is 3.52. The summed E-state index contributed by atoms with van der Waals surface area (Å²) in [4.78, 5) is 10.7. The van der Waals surface area contributed by atoms with Gasteiger partial charge in [-0.25, -0.2) is 0 Å². The highest BCUT2D eigenvalue weighted by atomic mass is 79.9. The van der Waals surface area contributed by atoms with Crippen LogP contribution < -0.4 is 4.74 Å². The number of carboxylic acids is 1. The van der Waals surface area contributed by atoms with Crippen molar-refractivity contribution in [3.8, 4) is 5.75 Å². The Kier molecular flexibility index (Phi) is 4.62. The minimum atomic E-state index is -0.831. The molecule has 88 valence electrons. The Morgan fingerprint density at radius 1 is 1.62 bits per heavy atom. The fourth-order valence-corrected chi connectivity index (χ4v) is 2.08. The third-order valence-electron chi connectivity index (χ3n) is 2.27. The first kappa shape index (κ1) is 13.3. The smallest absolute Gasteiger partial charge is 0.306 e. The van der Waals surface area contributed by atoms with Crippen molar-refractivity contribution in [1.29, 1.82) is 0 Å². The molecule has 0 saturated carbocycles. The molecular formula is C11H12BrClO3. The summed E-state index contributed by atoms with van der Waals surface area (Å²) in [6.07, 6.45) is 0.400. The number of rotatable bonds is 4. The highest BCUT2D eigenvalue weighted by Crippen LogP contribution is 2.32. The van der Waals surface area contributed by atoms with Crippen LogP contribution in [0.1, 0.15) is 12.5 Å². The van der Waals surface area contributed by atoms with Crippen molar-refractivity contribution in [2.75, 3.05) is 7.11 Å². The van der Waals surface area contributed by atoms with Gasteiger partial charge in [-0.15, -0.1) is 0 Å². The van der Waals surface area contributed by atoms with Crippen molar-refractivity contribution in [3.63, 3.8) is 0 Å². The molecule has 16 heavy (non-hydrogen) atoms. The summed E-state index contributed by atoms with van der Waals surface area (Å²) in [5.74, 6) is -0.655. The van der Waals surface area contributed by atoms with Crippen LogP contribution in [0.2, 0.25) is 5.02 Å². The van der Waals surface area contributed by atoms with Gasteiger partial charge in [0.15, 0.2) is 0 Å². The second kappa shape index (κ2) is 5.55. The first-order chi connectivity index (χ1) is 7.45. The Labute approximate surface area is 107 Å². The summed E-state index contributed by atoms with van der Waals surface area (Å²) >= 11 is 9.37. The van der Waals surface area contributed by atoms with E-state index in [4.69, 9.17) is 21.4 Å². The lowest BCUT2D eigenvalue weighted by atomic mass is 10.0. The van der Waals surface area contributed by atoms with E-state index in [1.165, 1.54) is 0 Å². The summed E-state index contributed by atoms with van der Waals surface area (Å²) in [6, 6.07) is 3.47. The summed E-state index contributed by atoms with van der Waals surface area (Å²) in [5.41, 5.74) is 0.796. The lowest BCUT2D eigenvalue weighted by molar-refractivity contribution is -0.141. The molecule has 0 heterocycles. The molecule has 1 atom stereocenters. The van der Waals surface area contributed by atoms with E-state index >= 15 is 0 Å². The molecule has 0 radical (unpaired) electrons. The molecule has 3 nitrogen and oxygen atoms in total. The van der Waals surface area contributed by atoms with Crippen LogP contribution >= 0.6 is 27.5 Å². The number of ether oxygens (including phenoxy) is 1. The Balaban J connectivity index is 2.98. The number of carboxylic acid groups (broad SMARTS) is 1. The average Bonchev–Trinajstić information content (AvgIpc) is 2.22. The highest BCUT2D eigenvalue weighted by molar-refractivity contribution is 9.10. The maximum atomic E-state index is 10.7. The minimum Gasteiger partial charge on any atom is -0.496 e. The van der Waals surface area contributed by atoms with Crippen LogP contribution in [0.4, 0.5) is 0 Å². The third-order valence-corrected chi connectivity index (χ3v) is 3.24. The average molecular weight is 308 g/mol. The van der Waals surface area contributed by atoms with Crippen LogP contribution in [-0.2, 0) is 11.2 Å². The summed E-state index contributed by atoms with van der Waals surface area (Å²) in [7, 11) is 1.55. The van der Waals surface area contributed by atoms with Crippen LogP contribution in [-0.4, -0.2) is 18.2 Å². The van der Waals surface area contributed by atoms with Gasteiger partial charge >= 0.3 is 5.97 Å². The standard InChI is InChI=1S/C11H12BrClO3/c1-6(11(14)15)3-7-4-8(12)10(16-2)5-9(7)13/h4-6H,3H2,1-2H3,(H,14,15). The van der Waals surface area contributed by atoms with Crippen molar-refractivity contribution in [3.05, 3.63) is 27.2 Å². The van der Waals surface area contributed by atoms with E-state index in [2.05, 4.69) is 15.9 Å². The first-order valence-electron chi connectivity index (χ1n) is 4.70. The van der Waals surface area contributed by atoms with E-state index in [0.717, 1.165) is 10.0 Å². The van der Waals surface area contributed by atoms with Crippen LogP contribution in [0.15, 0.2) is 16.6 Å². The van der Waals surface area contributed by atoms with E-state index in [1.807, 2.05) is 0 Å². The zero-order chi connectivity index (χ0) is 12.3. The number of aliphatic carboxylic acids is 1. The lowest BCUT2D eigenvalue weighted by Gasteiger charge is -2.11. The van der Waals surface area contributed by atoms with E-state index < -0.39 is 11.9 Å². The molecule has 0 amide bonds. The zero-order valence-corrected chi connectivity index (χ0v) is 11.3. The third kappa shape index (κ3) is 3.12. The summed E-state index contributed by atoms with van der Waals surface area (Å²) < 4.78 is 5.86. The Hall–Kier alpha value is -0.740. The minimum absolute atomic E-state index is 0.400. The molecule has 0 spiro atoms. The normalized spacial score (nSPS) is 12.2. The fourth-order valence-electron chi connectivity index (χ4n) is 1.30. The highest BCUT2D eigenvalue weighted by Gasteiger charge is 2.15. The summed E-state index contributed by atoms with van der Waals surface area (Å²) in [5, 5.41) is 9.35. The topological polar surface area (TPSA) is 46.5 Å². The van der Waals surface area contributed by atoms with Gasteiger partial charge in [-0.05, 0) is 34.0 Å². The summed E-state index contributed by atoms with van der Waals surface area (Å²) in [6.45, 7) is 1.65. The van der Waals surface area contributed by atoms with Gasteiger partial charge in [0.2, 0.25) is 0 Å². The molecule has 0 aromatic heterocycles.